The summed E-state index contributed by atoms with van der Waals surface area (Å²) in [6.07, 6.45) is 1.78. The Morgan fingerprint density at radius 2 is 2.18 bits per heavy atom. The zero-order chi connectivity index (χ0) is 15.6. The van der Waals surface area contributed by atoms with Crippen molar-refractivity contribution >= 4 is 17.7 Å². The summed E-state index contributed by atoms with van der Waals surface area (Å²) in [7, 11) is 0. The average Bonchev–Trinajstić information content (AvgIpc) is 2.23. The van der Waals surface area contributed by atoms with E-state index in [9.17, 15) is 4.79 Å². The SMILES string of the molecule is [2H]C([2H])([2H])N(Cc1nccnc1Cl)C(=O)OC(C)(C)C. The lowest BCUT2D eigenvalue weighted by atomic mass is 10.2. The highest BCUT2D eigenvalue weighted by Crippen LogP contribution is 2.13. The Kier molecular flexibility index (Phi) is 3.02. The molecule has 0 saturated carbocycles. The summed E-state index contributed by atoms with van der Waals surface area (Å²) in [6.45, 7) is 1.98. The van der Waals surface area contributed by atoms with E-state index in [0.29, 0.717) is 4.90 Å². The van der Waals surface area contributed by atoms with Gasteiger partial charge in [-0.3, -0.25) is 4.98 Å². The van der Waals surface area contributed by atoms with Crippen molar-refractivity contribution < 1.29 is 13.6 Å². The van der Waals surface area contributed by atoms with E-state index in [1.165, 1.54) is 12.4 Å². The first-order valence-corrected chi connectivity index (χ1v) is 5.34. The van der Waals surface area contributed by atoms with Crippen molar-refractivity contribution in [3.05, 3.63) is 23.2 Å². The van der Waals surface area contributed by atoms with Gasteiger partial charge < -0.3 is 9.64 Å². The lowest BCUT2D eigenvalue weighted by Crippen LogP contribution is -2.34. The van der Waals surface area contributed by atoms with Gasteiger partial charge in [0.2, 0.25) is 0 Å². The van der Waals surface area contributed by atoms with E-state index in [0.717, 1.165) is 0 Å². The van der Waals surface area contributed by atoms with Crippen LogP contribution in [-0.4, -0.2) is 33.5 Å². The number of hydrogen-bond acceptors (Lipinski definition) is 4. The fourth-order valence-corrected chi connectivity index (χ4v) is 1.15. The zero-order valence-corrected chi connectivity index (χ0v) is 10.7. The number of aromatic nitrogens is 2. The van der Waals surface area contributed by atoms with Crippen molar-refractivity contribution in [2.75, 3.05) is 6.98 Å². The van der Waals surface area contributed by atoms with Crippen molar-refractivity contribution in [2.24, 2.45) is 0 Å². The van der Waals surface area contributed by atoms with E-state index in [1.54, 1.807) is 20.8 Å². The number of ether oxygens (including phenoxy) is 1. The Morgan fingerprint density at radius 1 is 1.53 bits per heavy atom. The van der Waals surface area contributed by atoms with Crippen molar-refractivity contribution in [3.8, 4) is 0 Å². The fourth-order valence-electron chi connectivity index (χ4n) is 0.987. The summed E-state index contributed by atoms with van der Waals surface area (Å²) in [6, 6.07) is 0. The van der Waals surface area contributed by atoms with E-state index in [2.05, 4.69) is 9.97 Å². The third-order valence-corrected chi connectivity index (χ3v) is 1.96. The molecule has 1 heterocycles. The summed E-state index contributed by atoms with van der Waals surface area (Å²) in [5.41, 5.74) is -0.608. The molecule has 0 atom stereocenters. The number of hydrogen-bond donors (Lipinski definition) is 0. The molecule has 0 fully saturated rings. The van der Waals surface area contributed by atoms with Crippen LogP contribution >= 0.6 is 11.6 Å². The molecule has 1 amide bonds. The van der Waals surface area contributed by atoms with Crippen LogP contribution in [0.5, 0.6) is 0 Å². The van der Waals surface area contributed by atoms with Crippen molar-refractivity contribution in [2.45, 2.75) is 32.9 Å². The maximum Gasteiger partial charge on any atom is 0.410 e. The van der Waals surface area contributed by atoms with Crippen LogP contribution in [0.3, 0.4) is 0 Å². The minimum Gasteiger partial charge on any atom is -0.444 e. The third kappa shape index (κ3) is 4.56. The molecule has 94 valence electrons. The molecule has 0 aliphatic carbocycles. The molecule has 1 rings (SSSR count). The molecule has 0 aliphatic heterocycles. The Hall–Kier alpha value is -1.36. The summed E-state index contributed by atoms with van der Waals surface area (Å²) in [5.74, 6) is 0. The van der Waals surface area contributed by atoms with Crippen molar-refractivity contribution in [1.29, 1.82) is 0 Å². The zero-order valence-electron chi connectivity index (χ0n) is 12.9. The van der Waals surface area contributed by atoms with Crippen LogP contribution in [-0.2, 0) is 11.3 Å². The van der Waals surface area contributed by atoms with Crippen LogP contribution in [0.1, 0.15) is 30.6 Å². The number of nitrogens with zero attached hydrogens (tertiary/aromatic N) is 3. The summed E-state index contributed by atoms with van der Waals surface area (Å²) >= 11 is 5.82. The molecule has 0 N–H and O–H groups in total. The molecule has 0 bridgehead atoms. The van der Waals surface area contributed by atoms with E-state index >= 15 is 0 Å². The van der Waals surface area contributed by atoms with E-state index in [1.807, 2.05) is 0 Å². The quantitative estimate of drug-likeness (QED) is 0.820. The molecule has 0 aliphatic rings. The van der Waals surface area contributed by atoms with Gasteiger partial charge in [0.15, 0.2) is 5.15 Å². The van der Waals surface area contributed by atoms with E-state index in [4.69, 9.17) is 20.5 Å². The first-order chi connectivity index (χ1) is 9.00. The summed E-state index contributed by atoms with van der Waals surface area (Å²) < 4.78 is 27.3. The van der Waals surface area contributed by atoms with Gasteiger partial charge in [-0.15, -0.1) is 0 Å². The Labute approximate surface area is 110 Å². The maximum absolute atomic E-state index is 12.0. The fraction of sp³-hybridized carbons (Fsp3) is 0.545. The Bertz CT molecular complexity index is 489. The number of carbonyl (C=O) groups is 1. The molecule has 6 heteroatoms. The highest BCUT2D eigenvalue weighted by atomic mass is 35.5. The smallest absolute Gasteiger partial charge is 0.410 e. The molecule has 0 radical (unpaired) electrons. The highest BCUT2D eigenvalue weighted by molar-refractivity contribution is 6.29. The van der Waals surface area contributed by atoms with Gasteiger partial charge >= 0.3 is 6.09 Å². The molecule has 0 spiro atoms. The molecule has 0 aromatic carbocycles. The minimum absolute atomic E-state index is 0.0466. The molecular weight excluding hydrogens is 242 g/mol. The topological polar surface area (TPSA) is 55.3 Å². The Balaban J connectivity index is 2.98. The predicted octanol–water partition coefficient (Wildman–Crippen LogP) is 2.50. The molecule has 0 unspecified atom stereocenters. The maximum atomic E-state index is 12.0. The molecule has 1 aromatic rings. The average molecular weight is 261 g/mol. The normalized spacial score (nSPS) is 14.5. The predicted molar refractivity (Wildman–Crippen MR) is 64.7 cm³/mol. The van der Waals surface area contributed by atoms with Crippen LogP contribution < -0.4 is 0 Å². The molecule has 0 saturated heterocycles. The number of rotatable bonds is 2. The standard InChI is InChI=1S/C11H16ClN3O2/c1-11(2,3)17-10(16)15(4)7-8-9(12)14-6-5-13-8/h5-6H,7H2,1-4H3/i4D3. The third-order valence-electron chi connectivity index (χ3n) is 1.64. The van der Waals surface area contributed by atoms with Crippen molar-refractivity contribution in [1.82, 2.24) is 14.9 Å². The molecular formula is C11H16ClN3O2. The van der Waals surface area contributed by atoms with Gasteiger partial charge in [0.05, 0.1) is 12.2 Å². The second-order valence-corrected chi connectivity index (χ2v) is 4.72. The van der Waals surface area contributed by atoms with Gasteiger partial charge in [-0.25, -0.2) is 9.78 Å². The molecule has 1 aromatic heterocycles. The largest absolute Gasteiger partial charge is 0.444 e. The van der Waals surface area contributed by atoms with Crippen LogP contribution in [0.15, 0.2) is 12.4 Å². The first-order valence-electron chi connectivity index (χ1n) is 6.47. The van der Waals surface area contributed by atoms with Gasteiger partial charge in [-0.2, -0.15) is 0 Å². The van der Waals surface area contributed by atoms with Gasteiger partial charge in [-0.1, -0.05) is 11.6 Å². The van der Waals surface area contributed by atoms with Crippen LogP contribution in [0.25, 0.3) is 0 Å². The van der Waals surface area contributed by atoms with Gasteiger partial charge in [-0.05, 0) is 20.8 Å². The van der Waals surface area contributed by atoms with Gasteiger partial charge in [0, 0.05) is 23.5 Å². The number of carbonyl (C=O) groups excluding carboxylic acids is 1. The minimum atomic E-state index is -2.66. The highest BCUT2D eigenvalue weighted by Gasteiger charge is 2.20. The van der Waals surface area contributed by atoms with Crippen LogP contribution in [0, 0.1) is 0 Å². The second-order valence-electron chi connectivity index (χ2n) is 4.36. The van der Waals surface area contributed by atoms with Crippen molar-refractivity contribution in [3.63, 3.8) is 0 Å². The molecule has 5 nitrogen and oxygen atoms in total. The molecule has 17 heavy (non-hydrogen) atoms. The number of halogens is 1. The van der Waals surface area contributed by atoms with E-state index < -0.39 is 18.7 Å². The monoisotopic (exact) mass is 260 g/mol. The Morgan fingerprint density at radius 3 is 2.71 bits per heavy atom. The first kappa shape index (κ1) is 9.65. The lowest BCUT2D eigenvalue weighted by molar-refractivity contribution is 0.0283. The summed E-state index contributed by atoms with van der Waals surface area (Å²) in [4.78, 5) is 20.3. The van der Waals surface area contributed by atoms with Gasteiger partial charge in [0.25, 0.3) is 0 Å². The lowest BCUT2D eigenvalue weighted by Gasteiger charge is -2.24. The van der Waals surface area contributed by atoms with Crippen LogP contribution in [0.2, 0.25) is 5.15 Å². The van der Waals surface area contributed by atoms with Gasteiger partial charge in [0.1, 0.15) is 5.60 Å². The van der Waals surface area contributed by atoms with E-state index in [-0.39, 0.29) is 17.4 Å². The summed E-state index contributed by atoms with van der Waals surface area (Å²) in [5, 5.41) is 0.0466. The second kappa shape index (κ2) is 5.31. The number of amides is 1. The van der Waals surface area contributed by atoms with Crippen LogP contribution in [0.4, 0.5) is 4.79 Å².